The Bertz CT molecular complexity index is 674. The van der Waals surface area contributed by atoms with Gasteiger partial charge >= 0.3 is 0 Å². The van der Waals surface area contributed by atoms with E-state index < -0.39 is 0 Å². The second-order valence-electron chi connectivity index (χ2n) is 4.10. The number of fused-ring (bicyclic) bond motifs is 1. The largest absolute Gasteiger partial charge is 1.00 e. The van der Waals surface area contributed by atoms with Crippen LogP contribution in [-0.2, 0) is 0 Å². The van der Waals surface area contributed by atoms with Crippen LogP contribution in [-0.4, -0.2) is 9.38 Å². The lowest BCUT2D eigenvalue weighted by atomic mass is 10.2. The van der Waals surface area contributed by atoms with Gasteiger partial charge in [0.2, 0.25) is 0 Å². The number of hydrogen-bond donors (Lipinski definition) is 0. The zero-order chi connectivity index (χ0) is 11.8. The van der Waals surface area contributed by atoms with E-state index in [1.807, 2.05) is 18.2 Å². The van der Waals surface area contributed by atoms with Crippen molar-refractivity contribution in [2.45, 2.75) is 6.92 Å². The fraction of sp³-hybridized carbons (Fsp3) is 0.0714. The topological polar surface area (TPSA) is 17.3 Å². The van der Waals surface area contributed by atoms with Gasteiger partial charge in [-0.15, -0.1) is 0 Å². The molecule has 3 rings (SSSR count). The van der Waals surface area contributed by atoms with Crippen LogP contribution in [0.25, 0.3) is 16.9 Å². The lowest BCUT2D eigenvalue weighted by Gasteiger charge is -1.95. The van der Waals surface area contributed by atoms with Gasteiger partial charge in [-0.3, -0.25) is 0 Å². The third-order valence-electron chi connectivity index (χ3n) is 2.74. The quantitative estimate of drug-likeness (QED) is 0.655. The van der Waals surface area contributed by atoms with Gasteiger partial charge in [0.1, 0.15) is 5.65 Å². The van der Waals surface area contributed by atoms with Crippen molar-refractivity contribution in [2.24, 2.45) is 0 Å². The standard InChI is InChI=1S/C14H11BrN2.ClH/c1-10-2-7-14-16-13(9-17(14)8-10)11-3-5-12(15)6-4-11;/h2-9H,1H3;1H/p-1. The van der Waals surface area contributed by atoms with Crippen molar-refractivity contribution >= 4 is 21.6 Å². The Balaban J connectivity index is 0.00000120. The molecule has 2 heterocycles. The highest BCUT2D eigenvalue weighted by Crippen LogP contribution is 2.21. The molecule has 18 heavy (non-hydrogen) atoms. The number of halogens is 2. The summed E-state index contributed by atoms with van der Waals surface area (Å²) in [4.78, 5) is 4.60. The molecule has 3 aromatic rings. The minimum absolute atomic E-state index is 0. The molecule has 0 aliphatic carbocycles. The third kappa shape index (κ3) is 2.42. The molecule has 0 bridgehead atoms. The van der Waals surface area contributed by atoms with Gasteiger partial charge in [0.15, 0.2) is 0 Å². The lowest BCUT2D eigenvalue weighted by molar-refractivity contribution is -0.00000339. The zero-order valence-corrected chi connectivity index (χ0v) is 12.1. The average Bonchev–Trinajstić information content (AvgIpc) is 2.72. The van der Waals surface area contributed by atoms with Crippen LogP contribution >= 0.6 is 15.9 Å². The molecule has 0 amide bonds. The Hall–Kier alpha value is -1.32. The molecule has 2 nitrogen and oxygen atoms in total. The highest BCUT2D eigenvalue weighted by molar-refractivity contribution is 9.10. The van der Waals surface area contributed by atoms with Crippen LogP contribution in [0.3, 0.4) is 0 Å². The summed E-state index contributed by atoms with van der Waals surface area (Å²) in [5.41, 5.74) is 4.35. The van der Waals surface area contributed by atoms with Crippen LogP contribution in [0.1, 0.15) is 5.56 Å². The molecule has 0 saturated heterocycles. The number of benzene rings is 1. The normalized spacial score (nSPS) is 10.3. The van der Waals surface area contributed by atoms with Crippen molar-refractivity contribution in [1.29, 1.82) is 0 Å². The van der Waals surface area contributed by atoms with Crippen LogP contribution in [0.5, 0.6) is 0 Å². The second kappa shape index (κ2) is 5.12. The number of nitrogens with zero attached hydrogens (tertiary/aromatic N) is 2. The minimum Gasteiger partial charge on any atom is -1.00 e. The predicted molar refractivity (Wildman–Crippen MR) is 73.1 cm³/mol. The van der Waals surface area contributed by atoms with Gasteiger partial charge in [0.05, 0.1) is 5.69 Å². The van der Waals surface area contributed by atoms with Crippen LogP contribution in [0.2, 0.25) is 0 Å². The number of aromatic nitrogens is 2. The second-order valence-corrected chi connectivity index (χ2v) is 5.02. The summed E-state index contributed by atoms with van der Waals surface area (Å²) in [5, 5.41) is 0. The first-order valence-electron chi connectivity index (χ1n) is 5.44. The summed E-state index contributed by atoms with van der Waals surface area (Å²) in [5.74, 6) is 0. The van der Waals surface area contributed by atoms with Gasteiger partial charge in [-0.1, -0.05) is 34.1 Å². The summed E-state index contributed by atoms with van der Waals surface area (Å²) in [7, 11) is 0. The molecule has 0 unspecified atom stereocenters. The molecular weight excluding hydrogens is 312 g/mol. The van der Waals surface area contributed by atoms with Crippen molar-refractivity contribution in [2.75, 3.05) is 0 Å². The van der Waals surface area contributed by atoms with Gasteiger partial charge in [0.25, 0.3) is 0 Å². The maximum atomic E-state index is 4.60. The van der Waals surface area contributed by atoms with Crippen molar-refractivity contribution in [3.05, 3.63) is 58.8 Å². The molecule has 92 valence electrons. The van der Waals surface area contributed by atoms with Crippen LogP contribution in [0.4, 0.5) is 0 Å². The molecule has 4 heteroatoms. The Morgan fingerprint density at radius 3 is 2.44 bits per heavy atom. The summed E-state index contributed by atoms with van der Waals surface area (Å²) in [6, 6.07) is 12.3. The summed E-state index contributed by atoms with van der Waals surface area (Å²) >= 11 is 3.44. The Kier molecular flexibility index (Phi) is 3.73. The first-order valence-corrected chi connectivity index (χ1v) is 6.23. The maximum Gasteiger partial charge on any atom is 0.137 e. The maximum absolute atomic E-state index is 4.60. The first kappa shape index (κ1) is 13.1. The van der Waals surface area contributed by atoms with E-state index in [0.717, 1.165) is 21.4 Å². The van der Waals surface area contributed by atoms with Crippen molar-refractivity contribution in [1.82, 2.24) is 9.38 Å². The molecule has 0 atom stereocenters. The molecule has 0 fully saturated rings. The third-order valence-corrected chi connectivity index (χ3v) is 3.27. The van der Waals surface area contributed by atoms with E-state index in [-0.39, 0.29) is 12.4 Å². The molecular formula is C14H11BrClN2-. The van der Waals surface area contributed by atoms with Crippen LogP contribution in [0, 0.1) is 6.92 Å². The van der Waals surface area contributed by atoms with Gasteiger partial charge in [-0.25, -0.2) is 4.98 Å². The monoisotopic (exact) mass is 321 g/mol. The van der Waals surface area contributed by atoms with E-state index in [9.17, 15) is 0 Å². The molecule has 0 aliphatic heterocycles. The Morgan fingerprint density at radius 1 is 1.00 bits per heavy atom. The average molecular weight is 323 g/mol. The van der Waals surface area contributed by atoms with E-state index in [2.05, 4.69) is 62.8 Å². The predicted octanol–water partition coefficient (Wildman–Crippen LogP) is 1.08. The Morgan fingerprint density at radius 2 is 1.72 bits per heavy atom. The molecule has 0 N–H and O–H groups in total. The lowest BCUT2D eigenvalue weighted by Crippen LogP contribution is -3.00. The number of imidazole rings is 1. The number of rotatable bonds is 1. The van der Waals surface area contributed by atoms with E-state index in [1.165, 1.54) is 5.56 Å². The molecule has 2 aromatic heterocycles. The number of hydrogen-bond acceptors (Lipinski definition) is 1. The summed E-state index contributed by atoms with van der Waals surface area (Å²) < 4.78 is 3.15. The Labute approximate surface area is 120 Å². The molecule has 0 spiro atoms. The van der Waals surface area contributed by atoms with Crippen LogP contribution in [0.15, 0.2) is 53.3 Å². The molecule has 1 aromatic carbocycles. The van der Waals surface area contributed by atoms with Gasteiger partial charge in [-0.05, 0) is 30.7 Å². The zero-order valence-electron chi connectivity index (χ0n) is 9.77. The number of aryl methyl sites for hydroxylation is 1. The fourth-order valence-electron chi connectivity index (χ4n) is 1.86. The molecule has 0 saturated carbocycles. The highest BCUT2D eigenvalue weighted by Gasteiger charge is 2.03. The van der Waals surface area contributed by atoms with Gasteiger partial charge in [-0.2, -0.15) is 0 Å². The van der Waals surface area contributed by atoms with Crippen LogP contribution < -0.4 is 12.4 Å². The van der Waals surface area contributed by atoms with E-state index in [0.29, 0.717) is 0 Å². The van der Waals surface area contributed by atoms with E-state index in [1.54, 1.807) is 0 Å². The van der Waals surface area contributed by atoms with Gasteiger partial charge < -0.3 is 16.8 Å². The summed E-state index contributed by atoms with van der Waals surface area (Å²) in [6.07, 6.45) is 4.15. The highest BCUT2D eigenvalue weighted by atomic mass is 79.9. The van der Waals surface area contributed by atoms with E-state index in [4.69, 9.17) is 0 Å². The van der Waals surface area contributed by atoms with E-state index >= 15 is 0 Å². The fourth-order valence-corrected chi connectivity index (χ4v) is 2.13. The summed E-state index contributed by atoms with van der Waals surface area (Å²) in [6.45, 7) is 2.08. The first-order chi connectivity index (χ1) is 8.22. The SMILES string of the molecule is Cc1ccc2nc(-c3ccc(Br)cc3)cn2c1.[Cl-]. The van der Waals surface area contributed by atoms with Crippen molar-refractivity contribution in [3.63, 3.8) is 0 Å². The minimum atomic E-state index is 0. The van der Waals surface area contributed by atoms with Crippen molar-refractivity contribution in [3.8, 4) is 11.3 Å². The van der Waals surface area contributed by atoms with Crippen molar-refractivity contribution < 1.29 is 12.4 Å². The van der Waals surface area contributed by atoms with Gasteiger partial charge in [0, 0.05) is 22.4 Å². The smallest absolute Gasteiger partial charge is 0.137 e. The number of pyridine rings is 1. The molecule has 0 radical (unpaired) electrons. The molecule has 0 aliphatic rings.